The van der Waals surface area contributed by atoms with E-state index in [2.05, 4.69) is 15.9 Å². The van der Waals surface area contributed by atoms with Gasteiger partial charge in [-0.3, -0.25) is 0 Å². The van der Waals surface area contributed by atoms with E-state index in [-0.39, 0.29) is 14.7 Å². The van der Waals surface area contributed by atoms with Crippen molar-refractivity contribution >= 4 is 49.2 Å². The van der Waals surface area contributed by atoms with Crippen LogP contribution in [0.1, 0.15) is 13.3 Å². The minimum atomic E-state index is -3.82. The summed E-state index contributed by atoms with van der Waals surface area (Å²) in [5.41, 5.74) is 0. The van der Waals surface area contributed by atoms with E-state index in [1.165, 1.54) is 19.2 Å². The van der Waals surface area contributed by atoms with Crippen molar-refractivity contribution in [2.45, 2.75) is 23.1 Å². The number of sulfonamides is 1. The van der Waals surface area contributed by atoms with E-state index in [0.29, 0.717) is 13.0 Å². The second-order valence-electron chi connectivity index (χ2n) is 4.07. The largest absolute Gasteiger partial charge is 0.244 e. The summed E-state index contributed by atoms with van der Waals surface area (Å²) in [6.45, 7) is 2.21. The van der Waals surface area contributed by atoms with E-state index in [1.54, 1.807) is 0 Å². The van der Waals surface area contributed by atoms with Gasteiger partial charge in [0.2, 0.25) is 10.0 Å². The first-order valence-corrected chi connectivity index (χ1v) is 8.53. The Morgan fingerprint density at radius 1 is 1.42 bits per heavy atom. The standard InChI is InChI=1S/C11H13BrCl2FNO2S/c1-7(12)5-6-16(2)19(17,18)9-4-3-8(13)11(15)10(9)14/h3-4,7H,5-6H2,1-2H3. The van der Waals surface area contributed by atoms with Crippen LogP contribution in [-0.2, 0) is 10.0 Å². The fraction of sp³-hybridized carbons (Fsp3) is 0.455. The molecule has 1 aromatic rings. The van der Waals surface area contributed by atoms with Gasteiger partial charge in [-0.05, 0) is 18.6 Å². The lowest BCUT2D eigenvalue weighted by molar-refractivity contribution is 0.461. The Hall–Kier alpha value is 0.120. The van der Waals surface area contributed by atoms with Crippen molar-refractivity contribution in [2.24, 2.45) is 0 Å². The highest BCUT2D eigenvalue weighted by Gasteiger charge is 2.26. The fourth-order valence-corrected chi connectivity index (χ4v) is 3.46. The minimum Gasteiger partial charge on any atom is -0.207 e. The second kappa shape index (κ2) is 6.72. The van der Waals surface area contributed by atoms with Crippen LogP contribution in [-0.4, -0.2) is 31.1 Å². The van der Waals surface area contributed by atoms with Crippen molar-refractivity contribution in [2.75, 3.05) is 13.6 Å². The smallest absolute Gasteiger partial charge is 0.207 e. The average molecular weight is 393 g/mol. The van der Waals surface area contributed by atoms with E-state index in [4.69, 9.17) is 23.2 Å². The molecule has 1 unspecified atom stereocenters. The first-order chi connectivity index (χ1) is 8.67. The normalized spacial score (nSPS) is 13.8. The van der Waals surface area contributed by atoms with Gasteiger partial charge in [-0.25, -0.2) is 17.1 Å². The van der Waals surface area contributed by atoms with Gasteiger partial charge in [0.1, 0.15) is 4.90 Å². The van der Waals surface area contributed by atoms with Crippen LogP contribution in [0.4, 0.5) is 4.39 Å². The lowest BCUT2D eigenvalue weighted by atomic mass is 10.3. The molecule has 3 nitrogen and oxygen atoms in total. The lowest BCUT2D eigenvalue weighted by Crippen LogP contribution is -2.29. The van der Waals surface area contributed by atoms with Crippen LogP contribution in [0.15, 0.2) is 17.0 Å². The topological polar surface area (TPSA) is 37.4 Å². The Morgan fingerprint density at radius 2 is 2.00 bits per heavy atom. The van der Waals surface area contributed by atoms with Gasteiger partial charge in [0.05, 0.1) is 10.0 Å². The third kappa shape index (κ3) is 4.04. The molecule has 0 fully saturated rings. The van der Waals surface area contributed by atoms with Crippen LogP contribution in [0.2, 0.25) is 10.0 Å². The van der Waals surface area contributed by atoms with Gasteiger partial charge >= 0.3 is 0 Å². The fourth-order valence-electron chi connectivity index (χ4n) is 1.36. The van der Waals surface area contributed by atoms with E-state index in [0.717, 1.165) is 4.31 Å². The summed E-state index contributed by atoms with van der Waals surface area (Å²) in [6.07, 6.45) is 0.628. The lowest BCUT2D eigenvalue weighted by Gasteiger charge is -2.18. The molecule has 0 spiro atoms. The number of nitrogens with zero attached hydrogens (tertiary/aromatic N) is 1. The molecule has 0 saturated carbocycles. The maximum absolute atomic E-state index is 13.5. The maximum atomic E-state index is 13.5. The molecule has 108 valence electrons. The summed E-state index contributed by atoms with van der Waals surface area (Å²) in [5, 5.41) is -0.688. The summed E-state index contributed by atoms with van der Waals surface area (Å²) in [6, 6.07) is 2.38. The van der Waals surface area contributed by atoms with Crippen molar-refractivity contribution in [1.82, 2.24) is 4.31 Å². The van der Waals surface area contributed by atoms with Crippen molar-refractivity contribution < 1.29 is 12.8 Å². The van der Waals surface area contributed by atoms with E-state index < -0.39 is 20.9 Å². The summed E-state index contributed by atoms with van der Waals surface area (Å²) in [4.78, 5) is -0.0941. The van der Waals surface area contributed by atoms with E-state index in [1.807, 2.05) is 6.92 Å². The molecule has 0 aliphatic rings. The zero-order valence-electron chi connectivity index (χ0n) is 10.3. The van der Waals surface area contributed by atoms with Crippen molar-refractivity contribution in [3.63, 3.8) is 0 Å². The highest BCUT2D eigenvalue weighted by atomic mass is 79.9. The molecule has 0 radical (unpaired) electrons. The Balaban J connectivity index is 3.10. The van der Waals surface area contributed by atoms with Gasteiger partial charge in [0, 0.05) is 18.4 Å². The molecule has 0 aliphatic heterocycles. The average Bonchev–Trinajstić information content (AvgIpc) is 2.32. The summed E-state index contributed by atoms with van der Waals surface area (Å²) in [5.74, 6) is -0.924. The van der Waals surface area contributed by atoms with Crippen LogP contribution >= 0.6 is 39.1 Å². The summed E-state index contributed by atoms with van der Waals surface area (Å²) >= 11 is 14.6. The number of alkyl halides is 1. The molecule has 19 heavy (non-hydrogen) atoms. The molecule has 0 aromatic heterocycles. The number of hydrogen-bond donors (Lipinski definition) is 0. The Labute approximate surface area is 130 Å². The minimum absolute atomic E-state index is 0.183. The SMILES string of the molecule is CC(Br)CCN(C)S(=O)(=O)c1ccc(Cl)c(F)c1Cl. The number of rotatable bonds is 5. The highest BCUT2D eigenvalue weighted by Crippen LogP contribution is 2.31. The highest BCUT2D eigenvalue weighted by molar-refractivity contribution is 9.09. The Kier molecular flexibility index (Phi) is 6.07. The van der Waals surface area contributed by atoms with E-state index >= 15 is 0 Å². The molecule has 0 amide bonds. The van der Waals surface area contributed by atoms with Gasteiger partial charge in [0.25, 0.3) is 0 Å². The molecular formula is C11H13BrCl2FNO2S. The quantitative estimate of drug-likeness (QED) is 0.562. The van der Waals surface area contributed by atoms with Crippen LogP contribution in [0.25, 0.3) is 0 Å². The maximum Gasteiger partial charge on any atom is 0.244 e. The number of hydrogen-bond acceptors (Lipinski definition) is 2. The van der Waals surface area contributed by atoms with Crippen LogP contribution in [0.5, 0.6) is 0 Å². The Morgan fingerprint density at radius 3 is 2.53 bits per heavy atom. The third-order valence-corrected chi connectivity index (χ3v) is 5.66. The predicted octanol–water partition coefficient (Wildman–Crippen LogP) is 3.93. The number of halogens is 4. The van der Waals surface area contributed by atoms with E-state index in [9.17, 15) is 12.8 Å². The van der Waals surface area contributed by atoms with Gasteiger partial charge < -0.3 is 0 Å². The van der Waals surface area contributed by atoms with Crippen molar-refractivity contribution in [3.05, 3.63) is 28.0 Å². The zero-order chi connectivity index (χ0) is 14.8. The summed E-state index contributed by atoms with van der Waals surface area (Å²) < 4.78 is 39.2. The molecule has 0 bridgehead atoms. The van der Waals surface area contributed by atoms with Gasteiger partial charge in [-0.2, -0.15) is 0 Å². The molecule has 1 atom stereocenters. The molecular weight excluding hydrogens is 380 g/mol. The monoisotopic (exact) mass is 391 g/mol. The predicted molar refractivity (Wildman–Crippen MR) is 79.2 cm³/mol. The van der Waals surface area contributed by atoms with Crippen LogP contribution < -0.4 is 0 Å². The molecule has 1 aromatic carbocycles. The third-order valence-electron chi connectivity index (χ3n) is 2.53. The van der Waals surface area contributed by atoms with Crippen molar-refractivity contribution in [3.8, 4) is 0 Å². The molecule has 1 rings (SSSR count). The van der Waals surface area contributed by atoms with Crippen LogP contribution in [0, 0.1) is 5.82 Å². The molecule has 8 heteroatoms. The first kappa shape index (κ1) is 17.2. The van der Waals surface area contributed by atoms with Gasteiger partial charge in [0.15, 0.2) is 5.82 Å². The zero-order valence-corrected chi connectivity index (χ0v) is 14.2. The Bertz CT molecular complexity index is 566. The van der Waals surface area contributed by atoms with Crippen LogP contribution in [0.3, 0.4) is 0 Å². The van der Waals surface area contributed by atoms with Gasteiger partial charge in [-0.15, -0.1) is 0 Å². The molecule has 0 aliphatic carbocycles. The summed E-state index contributed by atoms with van der Waals surface area (Å²) in [7, 11) is -2.40. The molecule has 0 N–H and O–H groups in total. The second-order valence-corrected chi connectivity index (χ2v) is 8.43. The van der Waals surface area contributed by atoms with Crippen molar-refractivity contribution in [1.29, 1.82) is 0 Å². The first-order valence-electron chi connectivity index (χ1n) is 5.41. The number of benzene rings is 1. The molecule has 0 saturated heterocycles. The van der Waals surface area contributed by atoms with Gasteiger partial charge in [-0.1, -0.05) is 46.1 Å². The molecule has 0 heterocycles.